The number of nitro benzene ring substituents is 1. The van der Waals surface area contributed by atoms with Gasteiger partial charge in [-0.2, -0.15) is 5.10 Å². The zero-order valence-corrected chi connectivity index (χ0v) is 10.5. The van der Waals surface area contributed by atoms with Gasteiger partial charge in [-0.25, -0.2) is 4.68 Å². The molecule has 20 heavy (non-hydrogen) atoms. The molecule has 0 radical (unpaired) electrons. The molecule has 0 aliphatic heterocycles. The normalized spacial score (nSPS) is 10.4. The molecule has 1 heterocycles. The van der Waals surface area contributed by atoms with Crippen LogP contribution in [0, 0.1) is 27.2 Å². The second kappa shape index (κ2) is 4.96. The number of nitrogens with two attached hydrogens (primary N) is 1. The van der Waals surface area contributed by atoms with Gasteiger partial charge in [-0.3, -0.25) is 20.2 Å². The summed E-state index contributed by atoms with van der Waals surface area (Å²) in [6.07, 6.45) is 0. The highest BCUT2D eigenvalue weighted by Crippen LogP contribution is 2.27. The van der Waals surface area contributed by atoms with E-state index in [0.717, 1.165) is 0 Å². The summed E-state index contributed by atoms with van der Waals surface area (Å²) in [6, 6.07) is 6.10. The number of rotatable bonds is 4. The van der Waals surface area contributed by atoms with Crippen LogP contribution < -0.4 is 5.73 Å². The van der Waals surface area contributed by atoms with Gasteiger partial charge < -0.3 is 5.73 Å². The molecular weight excluding hydrogens is 266 g/mol. The molecule has 0 atom stereocenters. The molecular formula is C11H11N5O4. The van der Waals surface area contributed by atoms with E-state index in [-0.39, 0.29) is 29.4 Å². The first-order valence-corrected chi connectivity index (χ1v) is 5.61. The lowest BCUT2D eigenvalue weighted by Gasteiger charge is -2.04. The van der Waals surface area contributed by atoms with Crippen molar-refractivity contribution in [3.05, 3.63) is 55.8 Å². The van der Waals surface area contributed by atoms with Crippen LogP contribution in [-0.4, -0.2) is 19.6 Å². The Morgan fingerprint density at radius 2 is 1.90 bits per heavy atom. The molecule has 0 fully saturated rings. The maximum atomic E-state index is 10.9. The summed E-state index contributed by atoms with van der Waals surface area (Å²) in [5.41, 5.74) is 5.86. The van der Waals surface area contributed by atoms with Gasteiger partial charge in [-0.1, -0.05) is 18.2 Å². The lowest BCUT2D eigenvalue weighted by atomic mass is 10.2. The Bertz CT molecular complexity index is 694. The van der Waals surface area contributed by atoms with Gasteiger partial charge in [-0.05, 0) is 6.92 Å². The second-order valence-corrected chi connectivity index (χ2v) is 4.12. The molecule has 0 aliphatic rings. The van der Waals surface area contributed by atoms with Crippen molar-refractivity contribution in [1.29, 1.82) is 0 Å². The molecule has 0 spiro atoms. The molecule has 0 saturated carbocycles. The van der Waals surface area contributed by atoms with E-state index in [1.807, 2.05) is 0 Å². The largest absolute Gasteiger partial charge is 0.378 e. The molecule has 9 heteroatoms. The van der Waals surface area contributed by atoms with Gasteiger partial charge >= 0.3 is 5.69 Å². The number of aromatic nitrogens is 2. The summed E-state index contributed by atoms with van der Waals surface area (Å²) in [7, 11) is 0. The van der Waals surface area contributed by atoms with Crippen LogP contribution in [0.3, 0.4) is 0 Å². The predicted octanol–water partition coefficient (Wildman–Crippen LogP) is 1.64. The Kier molecular flexibility index (Phi) is 3.34. The third-order valence-corrected chi connectivity index (χ3v) is 2.83. The third kappa shape index (κ3) is 2.28. The first-order chi connectivity index (χ1) is 9.41. The zero-order chi connectivity index (χ0) is 14.9. The van der Waals surface area contributed by atoms with Gasteiger partial charge in [0.1, 0.15) is 5.69 Å². The number of nitrogens with zero attached hydrogens (tertiary/aromatic N) is 4. The maximum absolute atomic E-state index is 10.9. The number of hydrogen-bond acceptors (Lipinski definition) is 6. The average Bonchev–Trinajstić information content (AvgIpc) is 2.64. The SMILES string of the molecule is Cc1nn(Cc2ccccc2[N+](=O)[O-])c(N)c1[N+](=O)[O-]. The Labute approximate surface area is 112 Å². The van der Waals surface area contributed by atoms with Crippen molar-refractivity contribution in [2.75, 3.05) is 5.73 Å². The molecule has 0 bridgehead atoms. The van der Waals surface area contributed by atoms with Gasteiger partial charge in [0.15, 0.2) is 0 Å². The molecule has 0 amide bonds. The van der Waals surface area contributed by atoms with Crippen LogP contribution in [0.2, 0.25) is 0 Å². The maximum Gasteiger partial charge on any atom is 0.333 e. The van der Waals surface area contributed by atoms with E-state index in [0.29, 0.717) is 5.56 Å². The van der Waals surface area contributed by atoms with Crippen molar-refractivity contribution in [2.45, 2.75) is 13.5 Å². The van der Waals surface area contributed by atoms with E-state index < -0.39 is 9.85 Å². The Morgan fingerprint density at radius 1 is 1.25 bits per heavy atom. The smallest absolute Gasteiger partial charge is 0.333 e. The van der Waals surface area contributed by atoms with Crippen molar-refractivity contribution in [3.8, 4) is 0 Å². The van der Waals surface area contributed by atoms with Gasteiger partial charge in [0, 0.05) is 6.07 Å². The van der Waals surface area contributed by atoms with E-state index in [9.17, 15) is 20.2 Å². The fourth-order valence-electron chi connectivity index (χ4n) is 1.92. The van der Waals surface area contributed by atoms with Crippen molar-refractivity contribution < 1.29 is 9.85 Å². The first-order valence-electron chi connectivity index (χ1n) is 5.61. The van der Waals surface area contributed by atoms with E-state index in [1.54, 1.807) is 18.2 Å². The zero-order valence-electron chi connectivity index (χ0n) is 10.5. The van der Waals surface area contributed by atoms with Crippen LogP contribution >= 0.6 is 0 Å². The fraction of sp³-hybridized carbons (Fsp3) is 0.182. The molecule has 2 aromatic rings. The highest BCUT2D eigenvalue weighted by Gasteiger charge is 2.24. The van der Waals surface area contributed by atoms with Crippen LogP contribution in [0.4, 0.5) is 17.2 Å². The highest BCUT2D eigenvalue weighted by molar-refractivity contribution is 5.56. The lowest BCUT2D eigenvalue weighted by Crippen LogP contribution is -2.08. The van der Waals surface area contributed by atoms with Crippen LogP contribution in [0.25, 0.3) is 0 Å². The molecule has 0 aliphatic carbocycles. The number of benzene rings is 1. The van der Waals surface area contributed by atoms with Gasteiger partial charge in [-0.15, -0.1) is 0 Å². The Morgan fingerprint density at radius 3 is 2.45 bits per heavy atom. The molecule has 104 valence electrons. The summed E-state index contributed by atoms with van der Waals surface area (Å²) in [5, 5.41) is 25.7. The minimum Gasteiger partial charge on any atom is -0.378 e. The number of hydrogen-bond donors (Lipinski definition) is 1. The monoisotopic (exact) mass is 277 g/mol. The Balaban J connectivity index is 2.44. The second-order valence-electron chi connectivity index (χ2n) is 4.12. The van der Waals surface area contributed by atoms with Gasteiger partial charge in [0.05, 0.1) is 22.0 Å². The highest BCUT2D eigenvalue weighted by atomic mass is 16.6. The molecule has 0 saturated heterocycles. The van der Waals surface area contributed by atoms with Crippen molar-refractivity contribution in [2.24, 2.45) is 0 Å². The minimum absolute atomic E-state index is 0.00231. The van der Waals surface area contributed by atoms with E-state index >= 15 is 0 Å². The van der Waals surface area contributed by atoms with Crippen molar-refractivity contribution in [3.63, 3.8) is 0 Å². The molecule has 1 aromatic carbocycles. The van der Waals surface area contributed by atoms with Crippen LogP contribution in [0.1, 0.15) is 11.3 Å². The van der Waals surface area contributed by atoms with Crippen molar-refractivity contribution in [1.82, 2.24) is 9.78 Å². The quantitative estimate of drug-likeness (QED) is 0.667. The topological polar surface area (TPSA) is 130 Å². The lowest BCUT2D eigenvalue weighted by molar-refractivity contribution is -0.385. The number of para-hydroxylation sites is 1. The molecule has 9 nitrogen and oxygen atoms in total. The molecule has 2 N–H and O–H groups in total. The van der Waals surface area contributed by atoms with Crippen LogP contribution in [-0.2, 0) is 6.54 Å². The molecule has 1 aromatic heterocycles. The summed E-state index contributed by atoms with van der Waals surface area (Å²) < 4.78 is 1.19. The number of anilines is 1. The summed E-state index contributed by atoms with van der Waals surface area (Å²) in [5.74, 6) is -0.120. The average molecular weight is 277 g/mol. The molecule has 2 rings (SSSR count). The Hall–Kier alpha value is -2.97. The summed E-state index contributed by atoms with van der Waals surface area (Å²) >= 11 is 0. The van der Waals surface area contributed by atoms with Gasteiger partial charge in [0.2, 0.25) is 5.82 Å². The van der Waals surface area contributed by atoms with Gasteiger partial charge in [0.25, 0.3) is 5.69 Å². The first kappa shape index (κ1) is 13.5. The predicted molar refractivity (Wildman–Crippen MR) is 70.2 cm³/mol. The summed E-state index contributed by atoms with van der Waals surface area (Å²) in [6.45, 7) is 1.46. The molecule has 0 unspecified atom stereocenters. The van der Waals surface area contributed by atoms with Crippen LogP contribution in [0.5, 0.6) is 0 Å². The van der Waals surface area contributed by atoms with E-state index in [4.69, 9.17) is 5.73 Å². The van der Waals surface area contributed by atoms with E-state index in [1.165, 1.54) is 17.7 Å². The fourth-order valence-corrected chi connectivity index (χ4v) is 1.92. The minimum atomic E-state index is -0.617. The summed E-state index contributed by atoms with van der Waals surface area (Å²) in [4.78, 5) is 20.6. The van der Waals surface area contributed by atoms with Crippen LogP contribution in [0.15, 0.2) is 24.3 Å². The number of nitro groups is 2. The standard InChI is InChI=1S/C11H11N5O4/c1-7-10(16(19)20)11(12)14(13-7)6-8-4-2-3-5-9(8)15(17)18/h2-5H,6,12H2,1H3. The number of aryl methyl sites for hydroxylation is 1. The number of nitrogen functional groups attached to an aromatic ring is 1. The van der Waals surface area contributed by atoms with Crippen molar-refractivity contribution >= 4 is 17.2 Å². The third-order valence-electron chi connectivity index (χ3n) is 2.83. The van der Waals surface area contributed by atoms with E-state index in [2.05, 4.69) is 5.10 Å².